The highest BCUT2D eigenvalue weighted by molar-refractivity contribution is 7.51. The molecule has 1 fully saturated rings. The van der Waals surface area contributed by atoms with E-state index in [-0.39, 0.29) is 6.16 Å². The zero-order valence-corrected chi connectivity index (χ0v) is 6.16. The Morgan fingerprint density at radius 3 is 2.30 bits per heavy atom. The van der Waals surface area contributed by atoms with Crippen LogP contribution in [-0.2, 0) is 14.0 Å². The van der Waals surface area contributed by atoms with Crippen molar-refractivity contribution in [1.29, 1.82) is 0 Å². The van der Waals surface area contributed by atoms with E-state index in [9.17, 15) is 4.57 Å². The van der Waals surface area contributed by atoms with E-state index in [1.807, 2.05) is 0 Å². The van der Waals surface area contributed by atoms with Gasteiger partial charge in [-0.1, -0.05) is 0 Å². The van der Waals surface area contributed by atoms with Crippen LogP contribution >= 0.6 is 7.60 Å². The molecule has 0 aromatic carbocycles. The Hall–Kier alpha value is 0.0700. The smallest absolute Gasteiger partial charge is 0.330 e. The summed E-state index contributed by atoms with van der Waals surface area (Å²) in [6, 6.07) is 0. The third-order valence-corrected chi connectivity index (χ3v) is 1.85. The monoisotopic (exact) mass is 168 g/mol. The maximum atomic E-state index is 10.3. The van der Waals surface area contributed by atoms with Gasteiger partial charge >= 0.3 is 7.60 Å². The number of hydrogen-bond donors (Lipinski definition) is 2. The zero-order valence-electron chi connectivity index (χ0n) is 5.27. The summed E-state index contributed by atoms with van der Waals surface area (Å²) in [6.07, 6.45) is -1.05. The molecule has 2 N–H and O–H groups in total. The van der Waals surface area contributed by atoms with Crippen LogP contribution < -0.4 is 0 Å². The van der Waals surface area contributed by atoms with E-state index in [1.165, 1.54) is 0 Å². The standard InChI is InChI=1S/C4H9O5P/c5-10(6,7)3-4-8-1-2-9-4/h4H,1-3H2,(H2,5,6,7). The fraction of sp³-hybridized carbons (Fsp3) is 1.00. The summed E-state index contributed by atoms with van der Waals surface area (Å²) >= 11 is 0. The van der Waals surface area contributed by atoms with Gasteiger partial charge in [0.15, 0.2) is 6.29 Å². The average molecular weight is 168 g/mol. The third-order valence-electron chi connectivity index (χ3n) is 1.08. The van der Waals surface area contributed by atoms with Crippen molar-refractivity contribution >= 4 is 7.60 Å². The quantitative estimate of drug-likeness (QED) is 0.545. The largest absolute Gasteiger partial charge is 0.350 e. The molecule has 0 amide bonds. The molecule has 0 atom stereocenters. The average Bonchev–Trinajstić information content (AvgIpc) is 2.12. The highest BCUT2D eigenvalue weighted by atomic mass is 31.2. The molecule has 0 radical (unpaired) electrons. The summed E-state index contributed by atoms with van der Waals surface area (Å²) in [5, 5.41) is 0. The second kappa shape index (κ2) is 2.98. The molecule has 0 aromatic rings. The summed E-state index contributed by atoms with van der Waals surface area (Å²) < 4.78 is 20.0. The van der Waals surface area contributed by atoms with Crippen molar-refractivity contribution in [3.8, 4) is 0 Å². The van der Waals surface area contributed by atoms with Crippen LogP contribution in [0, 0.1) is 0 Å². The van der Waals surface area contributed by atoms with Gasteiger partial charge in [0.05, 0.1) is 13.2 Å². The molecule has 1 heterocycles. The van der Waals surface area contributed by atoms with Crippen LogP contribution in [0.5, 0.6) is 0 Å². The first-order chi connectivity index (χ1) is 4.58. The van der Waals surface area contributed by atoms with E-state index < -0.39 is 13.9 Å². The predicted molar refractivity (Wildman–Crippen MR) is 32.6 cm³/mol. The molecule has 10 heavy (non-hydrogen) atoms. The maximum absolute atomic E-state index is 10.3. The zero-order chi connectivity index (χ0) is 7.61. The summed E-state index contributed by atoms with van der Waals surface area (Å²) in [7, 11) is -3.96. The van der Waals surface area contributed by atoms with Crippen LogP contribution in [0.15, 0.2) is 0 Å². The van der Waals surface area contributed by atoms with Crippen LogP contribution in [0.25, 0.3) is 0 Å². The molecule has 1 rings (SSSR count). The molecule has 1 saturated heterocycles. The van der Waals surface area contributed by atoms with E-state index in [4.69, 9.17) is 19.3 Å². The van der Waals surface area contributed by atoms with Crippen LogP contribution in [0.3, 0.4) is 0 Å². The van der Waals surface area contributed by atoms with E-state index in [0.29, 0.717) is 13.2 Å². The normalized spacial score (nSPS) is 21.8. The summed E-state index contributed by atoms with van der Waals surface area (Å²) in [5.74, 6) is 0. The van der Waals surface area contributed by atoms with Gasteiger partial charge < -0.3 is 19.3 Å². The lowest BCUT2D eigenvalue weighted by Gasteiger charge is -2.08. The lowest BCUT2D eigenvalue weighted by atomic mass is 10.8. The Kier molecular flexibility index (Phi) is 2.44. The summed E-state index contributed by atoms with van der Waals surface area (Å²) in [5.41, 5.74) is 0. The molecule has 60 valence electrons. The van der Waals surface area contributed by atoms with Gasteiger partial charge in [0, 0.05) is 0 Å². The van der Waals surface area contributed by atoms with Crippen molar-refractivity contribution < 1.29 is 23.8 Å². The molecular weight excluding hydrogens is 159 g/mol. The Labute approximate surface area is 58.1 Å². The molecule has 0 unspecified atom stereocenters. The molecule has 0 aliphatic carbocycles. The van der Waals surface area contributed by atoms with Crippen LogP contribution in [0.2, 0.25) is 0 Å². The van der Waals surface area contributed by atoms with Crippen molar-refractivity contribution in [2.75, 3.05) is 19.4 Å². The molecule has 5 nitrogen and oxygen atoms in total. The SMILES string of the molecule is O=P(O)(O)CC1OCCO1. The number of ether oxygens (including phenoxy) is 2. The van der Waals surface area contributed by atoms with Gasteiger partial charge in [-0.05, 0) is 0 Å². The highest BCUT2D eigenvalue weighted by Crippen LogP contribution is 2.36. The van der Waals surface area contributed by atoms with E-state index in [0.717, 1.165) is 0 Å². The first kappa shape index (κ1) is 8.17. The van der Waals surface area contributed by atoms with E-state index in [1.54, 1.807) is 0 Å². The Morgan fingerprint density at radius 2 is 1.90 bits per heavy atom. The van der Waals surface area contributed by atoms with Gasteiger partial charge in [0.2, 0.25) is 0 Å². The van der Waals surface area contributed by atoms with Crippen LogP contribution in [-0.4, -0.2) is 35.5 Å². The maximum Gasteiger partial charge on any atom is 0.330 e. The Balaban J connectivity index is 2.31. The fourth-order valence-corrected chi connectivity index (χ4v) is 1.31. The van der Waals surface area contributed by atoms with Crippen molar-refractivity contribution in [2.24, 2.45) is 0 Å². The Bertz CT molecular complexity index is 146. The number of hydrogen-bond acceptors (Lipinski definition) is 3. The van der Waals surface area contributed by atoms with Crippen molar-refractivity contribution in [3.05, 3.63) is 0 Å². The van der Waals surface area contributed by atoms with Gasteiger partial charge in [0.25, 0.3) is 0 Å². The summed E-state index contributed by atoms with van der Waals surface area (Å²) in [4.78, 5) is 16.9. The molecule has 0 saturated carbocycles. The molecule has 0 spiro atoms. The van der Waals surface area contributed by atoms with Crippen LogP contribution in [0.1, 0.15) is 0 Å². The molecule has 0 bridgehead atoms. The predicted octanol–water partition coefficient (Wildman–Crippen LogP) is -0.463. The fourth-order valence-electron chi connectivity index (χ4n) is 0.707. The Morgan fingerprint density at radius 1 is 1.40 bits per heavy atom. The van der Waals surface area contributed by atoms with E-state index >= 15 is 0 Å². The van der Waals surface area contributed by atoms with Crippen molar-refractivity contribution in [3.63, 3.8) is 0 Å². The lowest BCUT2D eigenvalue weighted by molar-refractivity contribution is -0.0255. The minimum absolute atomic E-state index is 0.340. The second-order valence-corrected chi connectivity index (χ2v) is 3.71. The molecule has 0 aromatic heterocycles. The van der Waals surface area contributed by atoms with Gasteiger partial charge in [-0.2, -0.15) is 0 Å². The first-order valence-corrected chi connectivity index (χ1v) is 4.65. The van der Waals surface area contributed by atoms with Crippen molar-refractivity contribution in [2.45, 2.75) is 6.29 Å². The molecular formula is C4H9O5P. The topological polar surface area (TPSA) is 76.0 Å². The van der Waals surface area contributed by atoms with Gasteiger partial charge in [-0.25, -0.2) is 0 Å². The van der Waals surface area contributed by atoms with Crippen LogP contribution in [0.4, 0.5) is 0 Å². The number of rotatable bonds is 2. The molecule has 1 aliphatic heterocycles. The minimum Gasteiger partial charge on any atom is -0.350 e. The van der Waals surface area contributed by atoms with Crippen molar-refractivity contribution in [1.82, 2.24) is 0 Å². The lowest BCUT2D eigenvalue weighted by Crippen LogP contribution is -2.13. The van der Waals surface area contributed by atoms with Gasteiger partial charge in [-0.15, -0.1) is 0 Å². The second-order valence-electron chi connectivity index (χ2n) is 2.02. The highest BCUT2D eigenvalue weighted by Gasteiger charge is 2.25. The van der Waals surface area contributed by atoms with Gasteiger partial charge in [0.1, 0.15) is 6.16 Å². The molecule has 6 heteroatoms. The first-order valence-electron chi connectivity index (χ1n) is 2.86. The molecule has 1 aliphatic rings. The minimum atomic E-state index is -3.96. The van der Waals surface area contributed by atoms with E-state index in [2.05, 4.69) is 0 Å². The summed E-state index contributed by atoms with van der Waals surface area (Å²) in [6.45, 7) is 0.843. The third kappa shape index (κ3) is 2.77. The van der Waals surface area contributed by atoms with Gasteiger partial charge in [-0.3, -0.25) is 4.57 Å².